The number of aliphatic carboxylic acids is 1. The second kappa shape index (κ2) is 7.24. The number of likely N-dealkylation sites (tertiary alicyclic amines) is 1. The zero-order valence-electron chi connectivity index (χ0n) is 16.7. The number of hydrogen-bond donors (Lipinski definition) is 1. The minimum absolute atomic E-state index is 0.0981. The molecular weight excluding hydrogens is 406 g/mol. The van der Waals surface area contributed by atoms with Gasteiger partial charge in [-0.25, -0.2) is 9.59 Å². The molecule has 2 aliphatic rings. The van der Waals surface area contributed by atoms with Gasteiger partial charge in [0, 0.05) is 24.3 Å². The smallest absolute Gasteiger partial charge is 0.411 e. The molecule has 1 N–H and O–H groups in total. The number of carboxylic acid groups (broad SMARTS) is 1. The van der Waals surface area contributed by atoms with Crippen molar-refractivity contribution < 1.29 is 36.6 Å². The number of ether oxygens (including phenoxy) is 1. The Balaban J connectivity index is 1.65. The van der Waals surface area contributed by atoms with Gasteiger partial charge in [0.15, 0.2) is 5.82 Å². The van der Waals surface area contributed by atoms with Crippen LogP contribution < -0.4 is 0 Å². The third-order valence-electron chi connectivity index (χ3n) is 4.94. The number of nitrogens with zero attached hydrogens (tertiary/aromatic N) is 3. The van der Waals surface area contributed by atoms with Gasteiger partial charge < -0.3 is 14.4 Å². The topological polar surface area (TPSA) is 149 Å². The number of amides is 1. The fraction of sp³-hybridized carbons (Fsp3) is 0.765. The Morgan fingerprint density at radius 2 is 2.03 bits per heavy atom. The van der Waals surface area contributed by atoms with E-state index >= 15 is 0 Å². The monoisotopic (exact) mass is 431 g/mol. The van der Waals surface area contributed by atoms with Gasteiger partial charge in [0.05, 0.1) is 12.9 Å². The minimum Gasteiger partial charge on any atom is -0.480 e. The van der Waals surface area contributed by atoms with Gasteiger partial charge in [-0.1, -0.05) is 5.16 Å². The predicted molar refractivity (Wildman–Crippen MR) is 97.5 cm³/mol. The highest BCUT2D eigenvalue weighted by atomic mass is 32.2. The van der Waals surface area contributed by atoms with Crippen molar-refractivity contribution in [2.45, 2.75) is 64.1 Å². The van der Waals surface area contributed by atoms with Crippen LogP contribution in [0.4, 0.5) is 4.79 Å². The molecule has 2 heterocycles. The van der Waals surface area contributed by atoms with Crippen LogP contribution in [-0.2, 0) is 36.7 Å². The van der Waals surface area contributed by atoms with E-state index in [0.29, 0.717) is 24.6 Å². The summed E-state index contributed by atoms with van der Waals surface area (Å²) in [5.74, 6) is -0.461. The quantitative estimate of drug-likeness (QED) is 0.619. The van der Waals surface area contributed by atoms with Crippen molar-refractivity contribution in [3.63, 3.8) is 0 Å². The molecule has 29 heavy (non-hydrogen) atoms. The average Bonchev–Trinajstić information content (AvgIpc) is 2.89. The van der Waals surface area contributed by atoms with E-state index in [-0.39, 0.29) is 25.5 Å². The molecule has 2 fully saturated rings. The third-order valence-corrected chi connectivity index (χ3v) is 5.54. The summed E-state index contributed by atoms with van der Waals surface area (Å²) >= 11 is 0. The Labute approximate surface area is 168 Å². The summed E-state index contributed by atoms with van der Waals surface area (Å²) in [5, 5.41) is 13.4. The molecule has 0 spiro atoms. The average molecular weight is 431 g/mol. The second-order valence-corrected chi connectivity index (χ2v) is 10.2. The van der Waals surface area contributed by atoms with Crippen LogP contribution in [0.1, 0.15) is 45.3 Å². The molecule has 1 aromatic heterocycles. The molecule has 11 nitrogen and oxygen atoms in total. The van der Waals surface area contributed by atoms with Crippen molar-refractivity contribution >= 4 is 22.2 Å². The lowest BCUT2D eigenvalue weighted by Crippen LogP contribution is -2.45. The summed E-state index contributed by atoms with van der Waals surface area (Å²) in [5.41, 5.74) is -1.16. The summed E-state index contributed by atoms with van der Waals surface area (Å²) in [6.07, 6.45) is 1.72. The number of carboxylic acids is 1. The van der Waals surface area contributed by atoms with Crippen molar-refractivity contribution in [3.05, 3.63) is 11.7 Å². The molecule has 0 bridgehead atoms. The van der Waals surface area contributed by atoms with Gasteiger partial charge in [0.25, 0.3) is 10.1 Å². The van der Waals surface area contributed by atoms with Crippen LogP contribution >= 0.6 is 0 Å². The van der Waals surface area contributed by atoms with E-state index in [4.69, 9.17) is 9.26 Å². The molecule has 3 unspecified atom stereocenters. The summed E-state index contributed by atoms with van der Waals surface area (Å²) in [7, 11) is -3.54. The number of carbonyl (C=O) groups excluding carboxylic acids is 1. The number of rotatable bonds is 7. The van der Waals surface area contributed by atoms with E-state index in [1.54, 1.807) is 20.8 Å². The van der Waals surface area contributed by atoms with E-state index < -0.39 is 39.2 Å². The minimum atomic E-state index is -3.54. The molecular formula is C17H25N3O8S. The lowest BCUT2D eigenvalue weighted by Gasteiger charge is -2.28. The van der Waals surface area contributed by atoms with Crippen molar-refractivity contribution in [2.75, 3.05) is 12.9 Å². The van der Waals surface area contributed by atoms with Crippen LogP contribution in [0, 0.1) is 5.41 Å². The Morgan fingerprint density at radius 1 is 1.34 bits per heavy atom. The SMILES string of the molecule is CC(C)(C)OC(=O)N1C(C(=O)O)CC2(Cc3nc(CCOS(C)(=O)=O)no3)CC12. The predicted octanol–water partition coefficient (Wildman–Crippen LogP) is 0.984. The zero-order chi connectivity index (χ0) is 21.6. The molecule has 1 aliphatic heterocycles. The summed E-state index contributed by atoms with van der Waals surface area (Å²) < 4.78 is 37.2. The van der Waals surface area contributed by atoms with Crippen LogP contribution in [0.2, 0.25) is 0 Å². The highest BCUT2D eigenvalue weighted by Crippen LogP contribution is 2.61. The van der Waals surface area contributed by atoms with Gasteiger partial charge in [-0.15, -0.1) is 0 Å². The first-order chi connectivity index (χ1) is 13.3. The Hall–Kier alpha value is -2.21. The Morgan fingerprint density at radius 3 is 2.62 bits per heavy atom. The van der Waals surface area contributed by atoms with Crippen LogP contribution in [0.25, 0.3) is 0 Å². The summed E-state index contributed by atoms with van der Waals surface area (Å²) in [6, 6.07) is -1.23. The van der Waals surface area contributed by atoms with Gasteiger partial charge in [-0.3, -0.25) is 9.08 Å². The highest BCUT2D eigenvalue weighted by molar-refractivity contribution is 7.85. The fourth-order valence-corrected chi connectivity index (χ4v) is 4.11. The normalized spacial score (nSPS) is 26.3. The zero-order valence-corrected chi connectivity index (χ0v) is 17.6. The lowest BCUT2D eigenvalue weighted by atomic mass is 9.96. The van der Waals surface area contributed by atoms with Crippen molar-refractivity contribution in [2.24, 2.45) is 5.41 Å². The Kier molecular flexibility index (Phi) is 5.37. The van der Waals surface area contributed by atoms with Gasteiger partial charge in [-0.05, 0) is 33.6 Å². The van der Waals surface area contributed by atoms with Crippen molar-refractivity contribution in [3.8, 4) is 0 Å². The molecule has 1 saturated heterocycles. The molecule has 1 amide bonds. The summed E-state index contributed by atoms with van der Waals surface area (Å²) in [4.78, 5) is 29.8. The molecule has 1 saturated carbocycles. The van der Waals surface area contributed by atoms with Gasteiger partial charge >= 0.3 is 12.1 Å². The van der Waals surface area contributed by atoms with Crippen LogP contribution in [0.3, 0.4) is 0 Å². The first kappa shape index (κ1) is 21.5. The van der Waals surface area contributed by atoms with E-state index in [9.17, 15) is 23.1 Å². The van der Waals surface area contributed by atoms with E-state index in [1.807, 2.05) is 0 Å². The first-order valence-corrected chi connectivity index (χ1v) is 11.0. The Bertz CT molecular complexity index is 906. The standard InChI is InChI=1S/C17H25N3O8S/c1-16(2,3)27-15(23)20-10(14(21)22)7-17(8-11(17)20)9-13-18-12(19-28-13)5-6-26-29(4,24)25/h10-11H,5-9H2,1-4H3,(H,21,22). The number of hydrogen-bond acceptors (Lipinski definition) is 9. The van der Waals surface area contributed by atoms with Gasteiger partial charge in [0.2, 0.25) is 5.89 Å². The lowest BCUT2D eigenvalue weighted by molar-refractivity contribution is -0.142. The van der Waals surface area contributed by atoms with Crippen LogP contribution in [0.5, 0.6) is 0 Å². The van der Waals surface area contributed by atoms with Crippen LogP contribution in [-0.4, -0.2) is 71.2 Å². The number of carbonyl (C=O) groups is 2. The maximum Gasteiger partial charge on any atom is 0.411 e. The molecule has 1 aliphatic carbocycles. The second-order valence-electron chi connectivity index (χ2n) is 8.59. The highest BCUT2D eigenvalue weighted by Gasteiger charge is 2.68. The maximum absolute atomic E-state index is 12.5. The molecule has 1 aromatic rings. The number of fused-ring (bicyclic) bond motifs is 1. The largest absolute Gasteiger partial charge is 0.480 e. The summed E-state index contributed by atoms with van der Waals surface area (Å²) in [6.45, 7) is 5.08. The number of piperidine rings is 1. The molecule has 12 heteroatoms. The molecule has 0 aromatic carbocycles. The molecule has 3 atom stereocenters. The van der Waals surface area contributed by atoms with E-state index in [1.165, 1.54) is 4.90 Å². The van der Waals surface area contributed by atoms with E-state index in [0.717, 1.165) is 6.26 Å². The maximum atomic E-state index is 12.5. The van der Waals surface area contributed by atoms with Gasteiger partial charge in [0.1, 0.15) is 11.6 Å². The van der Waals surface area contributed by atoms with Crippen LogP contribution in [0.15, 0.2) is 4.52 Å². The van der Waals surface area contributed by atoms with Gasteiger partial charge in [-0.2, -0.15) is 13.4 Å². The number of aromatic nitrogens is 2. The fourth-order valence-electron chi connectivity index (χ4n) is 3.73. The molecule has 0 radical (unpaired) electrons. The molecule has 162 valence electrons. The third kappa shape index (κ3) is 5.04. The van der Waals surface area contributed by atoms with E-state index in [2.05, 4.69) is 14.3 Å². The molecule has 3 rings (SSSR count). The van der Waals surface area contributed by atoms with Crippen molar-refractivity contribution in [1.29, 1.82) is 0 Å². The first-order valence-electron chi connectivity index (χ1n) is 9.20. The van der Waals surface area contributed by atoms with Crippen molar-refractivity contribution in [1.82, 2.24) is 15.0 Å².